The Hall–Kier alpha value is -0.0800. The first-order valence-corrected chi connectivity index (χ1v) is 3.26. The van der Waals surface area contributed by atoms with Gasteiger partial charge in [-0.15, -0.1) is 0 Å². The summed E-state index contributed by atoms with van der Waals surface area (Å²) in [5, 5.41) is 3.12. The van der Waals surface area contributed by atoms with Gasteiger partial charge in [-0.25, -0.2) is 0 Å². The predicted molar refractivity (Wildman–Crippen MR) is 36.6 cm³/mol. The highest BCUT2D eigenvalue weighted by Gasteiger charge is 1.87. The van der Waals surface area contributed by atoms with Crippen LogP contribution in [0.5, 0.6) is 0 Å². The van der Waals surface area contributed by atoms with Gasteiger partial charge in [0, 0.05) is 0 Å². The lowest BCUT2D eigenvalue weighted by Crippen LogP contribution is -2.34. The third-order valence-electron chi connectivity index (χ3n) is 0.997. The smallest absolute Gasteiger partial charge is 0.0517 e. The van der Waals surface area contributed by atoms with Gasteiger partial charge in [-0.05, 0) is 19.9 Å². The van der Waals surface area contributed by atoms with Crippen molar-refractivity contribution in [3.8, 4) is 0 Å². The minimum Gasteiger partial charge on any atom is -0.316 e. The number of nitrogens with one attached hydrogen (secondary N) is 1. The Balaban J connectivity index is 2.72. The van der Waals surface area contributed by atoms with Crippen LogP contribution in [0.2, 0.25) is 0 Å². The second kappa shape index (κ2) is 5.06. The van der Waals surface area contributed by atoms with E-state index in [0.29, 0.717) is 0 Å². The molecule has 0 saturated heterocycles. The minimum absolute atomic E-state index is 0.154. The fourth-order valence-electron chi connectivity index (χ4n) is 0.507. The third kappa shape index (κ3) is 5.92. The first-order valence-electron chi connectivity index (χ1n) is 3.26. The van der Waals surface area contributed by atoms with Crippen molar-refractivity contribution in [1.82, 2.24) is 5.32 Å². The van der Waals surface area contributed by atoms with Crippen LogP contribution in [0, 0.1) is 0 Å². The molecule has 0 bridgehead atoms. The maximum atomic E-state index is 5.42. The normalized spacial score (nSPS) is 13.9. The van der Waals surface area contributed by atoms with Gasteiger partial charge in [-0.2, -0.15) is 0 Å². The Labute approximate surface area is 51.5 Å². The molecule has 0 aromatic heterocycles. The molecule has 0 aliphatic heterocycles. The van der Waals surface area contributed by atoms with Crippen molar-refractivity contribution in [1.29, 1.82) is 0 Å². The Morgan fingerprint density at radius 1 is 1.62 bits per heavy atom. The van der Waals surface area contributed by atoms with Gasteiger partial charge in [0.15, 0.2) is 0 Å². The molecule has 0 rings (SSSR count). The molecule has 0 aromatic rings. The quantitative estimate of drug-likeness (QED) is 0.419. The average Bonchev–Trinajstić information content (AvgIpc) is 1.66. The summed E-state index contributed by atoms with van der Waals surface area (Å²) < 4.78 is 0. The highest BCUT2D eigenvalue weighted by Crippen LogP contribution is 1.81. The molecule has 0 radical (unpaired) electrons. The first kappa shape index (κ1) is 7.92. The van der Waals surface area contributed by atoms with Crippen LogP contribution in [0.1, 0.15) is 26.7 Å². The molecule has 50 valence electrons. The van der Waals surface area contributed by atoms with E-state index in [4.69, 9.17) is 5.73 Å². The fourth-order valence-corrected chi connectivity index (χ4v) is 0.507. The Bertz CT molecular complexity index is 43.8. The van der Waals surface area contributed by atoms with E-state index in [9.17, 15) is 0 Å². The zero-order valence-electron chi connectivity index (χ0n) is 5.78. The molecule has 0 fully saturated rings. The van der Waals surface area contributed by atoms with E-state index in [-0.39, 0.29) is 6.17 Å². The molecule has 0 heterocycles. The van der Waals surface area contributed by atoms with E-state index in [1.165, 1.54) is 12.8 Å². The molecular formula is C6H16N2. The molecule has 0 aliphatic rings. The summed E-state index contributed by atoms with van der Waals surface area (Å²) >= 11 is 0. The lowest BCUT2D eigenvalue weighted by molar-refractivity contribution is 0.549. The average molecular weight is 116 g/mol. The van der Waals surface area contributed by atoms with E-state index in [1.54, 1.807) is 0 Å². The maximum Gasteiger partial charge on any atom is 0.0517 e. The molecule has 0 spiro atoms. The van der Waals surface area contributed by atoms with Crippen molar-refractivity contribution in [3.63, 3.8) is 0 Å². The molecule has 3 N–H and O–H groups in total. The van der Waals surface area contributed by atoms with Crippen LogP contribution < -0.4 is 11.1 Å². The lowest BCUT2D eigenvalue weighted by Gasteiger charge is -2.05. The molecule has 0 saturated carbocycles. The summed E-state index contributed by atoms with van der Waals surface area (Å²) in [5.41, 5.74) is 5.42. The van der Waals surface area contributed by atoms with Crippen molar-refractivity contribution in [2.75, 3.05) is 6.54 Å². The van der Waals surface area contributed by atoms with Gasteiger partial charge in [0.1, 0.15) is 0 Å². The number of nitrogens with two attached hydrogens (primary N) is 1. The molecule has 2 heteroatoms. The molecule has 2 nitrogen and oxygen atoms in total. The summed E-state index contributed by atoms with van der Waals surface area (Å²) in [4.78, 5) is 0. The van der Waals surface area contributed by atoms with Crippen molar-refractivity contribution in [2.45, 2.75) is 32.9 Å². The fraction of sp³-hybridized carbons (Fsp3) is 1.00. The largest absolute Gasteiger partial charge is 0.316 e. The van der Waals surface area contributed by atoms with Gasteiger partial charge in [0.25, 0.3) is 0 Å². The van der Waals surface area contributed by atoms with Crippen molar-refractivity contribution in [3.05, 3.63) is 0 Å². The van der Waals surface area contributed by atoms with Crippen LogP contribution in [0.15, 0.2) is 0 Å². The first-order chi connectivity index (χ1) is 3.77. The van der Waals surface area contributed by atoms with E-state index in [2.05, 4.69) is 12.2 Å². The number of hydrogen-bond acceptors (Lipinski definition) is 2. The second-order valence-electron chi connectivity index (χ2n) is 2.10. The maximum absolute atomic E-state index is 5.42. The monoisotopic (exact) mass is 116 g/mol. The Morgan fingerprint density at radius 3 is 2.62 bits per heavy atom. The summed E-state index contributed by atoms with van der Waals surface area (Å²) in [6.45, 7) is 5.17. The standard InChI is InChI=1S/C6H16N2/c1-3-4-5-8-6(2)7/h6,8H,3-5,7H2,1-2H3. The highest BCUT2D eigenvalue weighted by molar-refractivity contribution is 4.48. The topological polar surface area (TPSA) is 38.0 Å². The van der Waals surface area contributed by atoms with Gasteiger partial charge in [0.2, 0.25) is 0 Å². The van der Waals surface area contributed by atoms with Gasteiger partial charge in [-0.1, -0.05) is 13.3 Å². The van der Waals surface area contributed by atoms with Crippen LogP contribution in [0.3, 0.4) is 0 Å². The van der Waals surface area contributed by atoms with Crippen LogP contribution in [0.25, 0.3) is 0 Å². The highest BCUT2D eigenvalue weighted by atomic mass is 15.0. The Morgan fingerprint density at radius 2 is 2.25 bits per heavy atom. The summed E-state index contributed by atoms with van der Waals surface area (Å²) in [5.74, 6) is 0. The molecule has 0 aromatic carbocycles. The SMILES string of the molecule is CCCCNC(C)N. The number of hydrogen-bond donors (Lipinski definition) is 2. The van der Waals surface area contributed by atoms with Gasteiger partial charge in [0.05, 0.1) is 6.17 Å². The van der Waals surface area contributed by atoms with Crippen LogP contribution in [0.4, 0.5) is 0 Å². The summed E-state index contributed by atoms with van der Waals surface area (Å²) in [6.07, 6.45) is 2.61. The van der Waals surface area contributed by atoms with Gasteiger partial charge >= 0.3 is 0 Å². The summed E-state index contributed by atoms with van der Waals surface area (Å²) in [7, 11) is 0. The number of unbranched alkanes of at least 4 members (excludes halogenated alkanes) is 1. The Kier molecular flexibility index (Phi) is 5.01. The van der Waals surface area contributed by atoms with Crippen LogP contribution >= 0.6 is 0 Å². The van der Waals surface area contributed by atoms with Gasteiger partial charge in [-0.3, -0.25) is 0 Å². The predicted octanol–water partition coefficient (Wildman–Crippen LogP) is 0.681. The van der Waals surface area contributed by atoms with Crippen LogP contribution in [-0.4, -0.2) is 12.7 Å². The van der Waals surface area contributed by atoms with Crippen molar-refractivity contribution in [2.24, 2.45) is 5.73 Å². The minimum atomic E-state index is 0.154. The summed E-state index contributed by atoms with van der Waals surface area (Å²) in [6, 6.07) is 0. The van der Waals surface area contributed by atoms with Crippen LogP contribution in [-0.2, 0) is 0 Å². The van der Waals surface area contributed by atoms with E-state index < -0.39 is 0 Å². The second-order valence-corrected chi connectivity index (χ2v) is 2.10. The zero-order valence-corrected chi connectivity index (χ0v) is 5.78. The molecular weight excluding hydrogens is 100 g/mol. The van der Waals surface area contributed by atoms with E-state index in [0.717, 1.165) is 6.54 Å². The van der Waals surface area contributed by atoms with Gasteiger partial charge < -0.3 is 11.1 Å². The van der Waals surface area contributed by atoms with E-state index in [1.807, 2.05) is 6.92 Å². The third-order valence-corrected chi connectivity index (χ3v) is 0.997. The molecule has 8 heavy (non-hydrogen) atoms. The molecule has 1 atom stereocenters. The van der Waals surface area contributed by atoms with Crippen molar-refractivity contribution >= 4 is 0 Å². The van der Waals surface area contributed by atoms with Crippen molar-refractivity contribution < 1.29 is 0 Å². The molecule has 0 amide bonds. The van der Waals surface area contributed by atoms with E-state index >= 15 is 0 Å². The number of rotatable bonds is 4. The zero-order chi connectivity index (χ0) is 6.41. The lowest BCUT2D eigenvalue weighted by atomic mass is 10.3. The molecule has 0 aliphatic carbocycles. The molecule has 1 unspecified atom stereocenters.